The second kappa shape index (κ2) is 20.7. The van der Waals surface area contributed by atoms with Crippen molar-refractivity contribution >= 4 is 35.8 Å². The summed E-state index contributed by atoms with van der Waals surface area (Å²) in [6.07, 6.45) is -2.36. The van der Waals surface area contributed by atoms with Gasteiger partial charge in [-0.15, -0.1) is 0 Å². The molecule has 0 aromatic heterocycles. The summed E-state index contributed by atoms with van der Waals surface area (Å²) in [7, 11) is 2.59. The van der Waals surface area contributed by atoms with Crippen molar-refractivity contribution in [3.8, 4) is 0 Å². The van der Waals surface area contributed by atoms with Gasteiger partial charge in [0.05, 0.1) is 25.0 Å². The van der Waals surface area contributed by atoms with Crippen LogP contribution in [0.2, 0.25) is 0 Å². The fraction of sp³-hybridized carbons (Fsp3) is 0.562. The standard InChI is InChI=1S/C22H32O10.C10H16O4/c1-13(2)18(25)29-9-16(23)11-31-20(27)15(5)8-22(6,7)21(28)32-12-17(24)10-30-19(26)14(3)4;1-7(8(11)13-4)6-10(2,3)9(12)14-5/h16-17,23-24H,1,3,5,8-12H2,2,4,6-7H3;1,6H2,2-5H3. The molecule has 0 spiro atoms. The molecule has 0 aliphatic carbocycles. The first kappa shape index (κ1) is 43.8. The van der Waals surface area contributed by atoms with Gasteiger partial charge in [0.25, 0.3) is 0 Å². The molecule has 0 heterocycles. The third-order valence-electron chi connectivity index (χ3n) is 5.69. The second-order valence-electron chi connectivity index (χ2n) is 11.6. The largest absolute Gasteiger partial charge is 0.469 e. The van der Waals surface area contributed by atoms with Crippen molar-refractivity contribution in [1.82, 2.24) is 0 Å². The van der Waals surface area contributed by atoms with Gasteiger partial charge in [-0.3, -0.25) is 9.59 Å². The molecule has 260 valence electrons. The molecule has 0 aliphatic heterocycles. The minimum atomic E-state index is -1.24. The van der Waals surface area contributed by atoms with Crippen LogP contribution in [0.4, 0.5) is 0 Å². The van der Waals surface area contributed by atoms with Crippen molar-refractivity contribution in [2.75, 3.05) is 40.6 Å². The van der Waals surface area contributed by atoms with E-state index < -0.39 is 66.1 Å². The van der Waals surface area contributed by atoms with E-state index in [1.54, 1.807) is 13.8 Å². The van der Waals surface area contributed by atoms with E-state index in [1.165, 1.54) is 41.9 Å². The lowest BCUT2D eigenvalue weighted by Crippen LogP contribution is -2.33. The summed E-state index contributed by atoms with van der Waals surface area (Å²) < 4.78 is 28.5. The predicted octanol–water partition coefficient (Wildman–Crippen LogP) is 2.31. The number of rotatable bonds is 18. The summed E-state index contributed by atoms with van der Waals surface area (Å²) >= 11 is 0. The molecule has 2 atom stereocenters. The second-order valence-corrected chi connectivity index (χ2v) is 11.6. The predicted molar refractivity (Wildman–Crippen MR) is 165 cm³/mol. The van der Waals surface area contributed by atoms with Gasteiger partial charge < -0.3 is 38.6 Å². The molecule has 0 fully saturated rings. The minimum Gasteiger partial charge on any atom is -0.469 e. The lowest BCUT2D eigenvalue weighted by atomic mass is 9.86. The summed E-state index contributed by atoms with van der Waals surface area (Å²) in [4.78, 5) is 69.2. The molecule has 0 aromatic carbocycles. The van der Waals surface area contributed by atoms with Crippen molar-refractivity contribution in [1.29, 1.82) is 0 Å². The van der Waals surface area contributed by atoms with Gasteiger partial charge in [0, 0.05) is 22.3 Å². The topological polar surface area (TPSA) is 198 Å². The first-order valence-electron chi connectivity index (χ1n) is 13.9. The maximum Gasteiger partial charge on any atom is 0.333 e. The van der Waals surface area contributed by atoms with Gasteiger partial charge in [0.1, 0.15) is 38.6 Å². The summed E-state index contributed by atoms with van der Waals surface area (Å²) in [5.74, 6) is -3.79. The number of hydrogen-bond donors (Lipinski definition) is 2. The van der Waals surface area contributed by atoms with Crippen molar-refractivity contribution in [3.63, 3.8) is 0 Å². The number of ether oxygens (including phenoxy) is 6. The molecular formula is C32H48O14. The zero-order chi connectivity index (χ0) is 36.4. The summed E-state index contributed by atoms with van der Waals surface area (Å²) in [5, 5.41) is 19.5. The quantitative estimate of drug-likeness (QED) is 0.124. The Balaban J connectivity index is 0. The van der Waals surface area contributed by atoms with Gasteiger partial charge in [-0.1, -0.05) is 26.3 Å². The number of hydrogen-bond acceptors (Lipinski definition) is 14. The molecule has 2 unspecified atom stereocenters. The van der Waals surface area contributed by atoms with Crippen LogP contribution in [-0.4, -0.2) is 98.9 Å². The van der Waals surface area contributed by atoms with Gasteiger partial charge >= 0.3 is 35.8 Å². The third kappa shape index (κ3) is 17.9. The first-order valence-corrected chi connectivity index (χ1v) is 13.9. The molecule has 0 saturated heterocycles. The van der Waals surface area contributed by atoms with Crippen molar-refractivity contribution < 1.29 is 67.4 Å². The highest BCUT2D eigenvalue weighted by atomic mass is 16.6. The molecule has 0 bridgehead atoms. The summed E-state index contributed by atoms with van der Waals surface area (Å²) in [5.41, 5.74) is -1.38. The molecule has 0 rings (SSSR count). The Morgan fingerprint density at radius 2 is 0.870 bits per heavy atom. The highest BCUT2D eigenvalue weighted by Crippen LogP contribution is 2.27. The van der Waals surface area contributed by atoms with Gasteiger partial charge in [0.2, 0.25) is 0 Å². The summed E-state index contributed by atoms with van der Waals surface area (Å²) in [6, 6.07) is 0. The average molecular weight is 657 g/mol. The van der Waals surface area contributed by atoms with Crippen LogP contribution < -0.4 is 0 Å². The Labute approximate surface area is 270 Å². The van der Waals surface area contributed by atoms with E-state index in [4.69, 9.17) is 18.9 Å². The minimum absolute atomic E-state index is 0.0472. The van der Waals surface area contributed by atoms with Crippen LogP contribution in [0.15, 0.2) is 48.6 Å². The number of carbonyl (C=O) groups is 6. The molecule has 46 heavy (non-hydrogen) atoms. The van der Waals surface area contributed by atoms with E-state index in [-0.39, 0.29) is 54.3 Å². The first-order chi connectivity index (χ1) is 21.0. The van der Waals surface area contributed by atoms with Gasteiger partial charge in [-0.25, -0.2) is 19.2 Å². The van der Waals surface area contributed by atoms with Gasteiger partial charge in [-0.2, -0.15) is 0 Å². The van der Waals surface area contributed by atoms with E-state index >= 15 is 0 Å². The van der Waals surface area contributed by atoms with E-state index in [0.717, 1.165) is 0 Å². The van der Waals surface area contributed by atoms with Crippen LogP contribution >= 0.6 is 0 Å². The Bertz CT molecular complexity index is 1160. The van der Waals surface area contributed by atoms with Crippen molar-refractivity contribution in [2.45, 2.75) is 66.6 Å². The van der Waals surface area contributed by atoms with Crippen LogP contribution in [0.1, 0.15) is 54.4 Å². The molecule has 0 aliphatic rings. The van der Waals surface area contributed by atoms with Crippen molar-refractivity contribution in [2.24, 2.45) is 10.8 Å². The SMILES string of the molecule is C=C(C)C(=O)OCC(O)COC(=O)C(=C)CC(C)(C)C(=O)OCC(O)COC(=O)C(=C)C.C=C(CC(C)(C)C(=O)OC)C(=O)OC. The molecular weight excluding hydrogens is 608 g/mol. The molecule has 0 amide bonds. The van der Waals surface area contributed by atoms with Crippen LogP contribution in [0.3, 0.4) is 0 Å². The Morgan fingerprint density at radius 1 is 0.543 bits per heavy atom. The van der Waals surface area contributed by atoms with Crippen LogP contribution in [0.5, 0.6) is 0 Å². The third-order valence-corrected chi connectivity index (χ3v) is 5.69. The highest BCUT2D eigenvalue weighted by molar-refractivity contribution is 5.90. The Morgan fingerprint density at radius 3 is 1.22 bits per heavy atom. The molecule has 14 nitrogen and oxygen atoms in total. The molecule has 14 heteroatoms. The maximum absolute atomic E-state index is 12.3. The van der Waals surface area contributed by atoms with Crippen LogP contribution in [0, 0.1) is 10.8 Å². The lowest BCUT2D eigenvalue weighted by molar-refractivity contribution is -0.159. The zero-order valence-electron chi connectivity index (χ0n) is 28.0. The normalized spacial score (nSPS) is 12.0. The van der Waals surface area contributed by atoms with E-state index in [9.17, 15) is 39.0 Å². The van der Waals surface area contributed by atoms with E-state index in [2.05, 4.69) is 35.8 Å². The number of methoxy groups -OCH3 is 2. The van der Waals surface area contributed by atoms with Crippen LogP contribution in [-0.2, 0) is 57.2 Å². The zero-order valence-corrected chi connectivity index (χ0v) is 28.0. The molecule has 0 aromatic rings. The maximum atomic E-state index is 12.3. The number of aliphatic hydroxyl groups excluding tert-OH is 2. The average Bonchev–Trinajstić information content (AvgIpc) is 2.98. The van der Waals surface area contributed by atoms with E-state index in [0.29, 0.717) is 0 Å². The van der Waals surface area contributed by atoms with Crippen molar-refractivity contribution in [3.05, 3.63) is 48.6 Å². The smallest absolute Gasteiger partial charge is 0.333 e. The fourth-order valence-corrected chi connectivity index (χ4v) is 3.10. The number of esters is 6. The molecule has 0 saturated carbocycles. The Hall–Kier alpha value is -4.30. The van der Waals surface area contributed by atoms with Crippen LogP contribution in [0.25, 0.3) is 0 Å². The van der Waals surface area contributed by atoms with E-state index in [1.807, 2.05) is 0 Å². The Kier molecular flexibility index (Phi) is 19.7. The highest BCUT2D eigenvalue weighted by Gasteiger charge is 2.33. The number of aliphatic hydroxyl groups is 2. The number of carbonyl (C=O) groups excluding carboxylic acids is 6. The molecule has 2 N–H and O–H groups in total. The van der Waals surface area contributed by atoms with Gasteiger partial charge in [0.15, 0.2) is 0 Å². The monoisotopic (exact) mass is 656 g/mol. The fourth-order valence-electron chi connectivity index (χ4n) is 3.10. The molecule has 0 radical (unpaired) electrons. The summed E-state index contributed by atoms with van der Waals surface area (Å²) in [6.45, 7) is 21.6. The van der Waals surface area contributed by atoms with Gasteiger partial charge in [-0.05, 0) is 54.4 Å². The lowest BCUT2D eigenvalue weighted by Gasteiger charge is -2.24.